The highest BCUT2D eigenvalue weighted by Crippen LogP contribution is 2.34. The molecule has 0 saturated heterocycles. The summed E-state index contributed by atoms with van der Waals surface area (Å²) >= 11 is 0. The molecule has 0 spiro atoms. The first-order valence-electron chi connectivity index (χ1n) is 9.88. The lowest BCUT2D eigenvalue weighted by molar-refractivity contribution is -0.185. The Balaban J connectivity index is 1.53. The van der Waals surface area contributed by atoms with E-state index >= 15 is 0 Å². The van der Waals surface area contributed by atoms with E-state index in [1.165, 1.54) is 56.4 Å². The molecule has 0 aliphatic heterocycles. The molecule has 0 bridgehead atoms. The molecule has 0 atom stereocenters. The molecule has 27 heavy (non-hydrogen) atoms. The van der Waals surface area contributed by atoms with Gasteiger partial charge in [0.25, 0.3) is 0 Å². The van der Waals surface area contributed by atoms with Crippen LogP contribution in [0.25, 0.3) is 0 Å². The lowest BCUT2D eigenvalue weighted by atomic mass is 9.78. The van der Waals surface area contributed by atoms with Gasteiger partial charge in [0.15, 0.2) is 0 Å². The molecule has 1 aliphatic carbocycles. The Bertz CT molecular complexity index is 701. The Morgan fingerprint density at radius 2 is 1.48 bits per heavy atom. The van der Waals surface area contributed by atoms with Crippen LogP contribution in [0.15, 0.2) is 48.5 Å². The maximum Gasteiger partial charge on any atom is 0.426 e. The highest BCUT2D eigenvalue weighted by molar-refractivity contribution is 5.28. The summed E-state index contributed by atoms with van der Waals surface area (Å²) in [6.45, 7) is 2.27. The van der Waals surface area contributed by atoms with Crippen molar-refractivity contribution in [3.8, 4) is 5.75 Å². The lowest BCUT2D eigenvalue weighted by Gasteiger charge is -2.27. The van der Waals surface area contributed by atoms with Gasteiger partial charge in [-0.15, -0.1) is 0 Å². The van der Waals surface area contributed by atoms with E-state index in [-0.39, 0.29) is 11.3 Å². The minimum absolute atomic E-state index is 0.0619. The fraction of sp³-hybridized carbons (Fsp3) is 0.478. The van der Waals surface area contributed by atoms with Crippen LogP contribution in [-0.2, 0) is 12.5 Å². The summed E-state index contributed by atoms with van der Waals surface area (Å²) in [4.78, 5) is 0. The van der Waals surface area contributed by atoms with E-state index in [0.29, 0.717) is 0 Å². The largest absolute Gasteiger partial charge is 0.429 e. The molecule has 0 unspecified atom stereocenters. The monoisotopic (exact) mass is 376 g/mol. The summed E-state index contributed by atoms with van der Waals surface area (Å²) in [5, 5.41) is 0. The SMILES string of the molecule is CCC1CCC(CCc2ccc(C(F)(F)Oc3ccc(F)cc3)cc2)CC1. The molecule has 2 aromatic rings. The molecule has 3 rings (SSSR count). The zero-order chi connectivity index (χ0) is 19.3. The zero-order valence-corrected chi connectivity index (χ0v) is 15.8. The molecule has 0 heterocycles. The first-order chi connectivity index (χ1) is 13.0. The number of benzene rings is 2. The quantitative estimate of drug-likeness (QED) is 0.500. The molecule has 2 aromatic carbocycles. The first-order valence-corrected chi connectivity index (χ1v) is 9.88. The van der Waals surface area contributed by atoms with Crippen molar-refractivity contribution in [1.29, 1.82) is 0 Å². The predicted molar refractivity (Wildman–Crippen MR) is 101 cm³/mol. The maximum absolute atomic E-state index is 14.3. The Kier molecular flexibility index (Phi) is 6.46. The van der Waals surface area contributed by atoms with Crippen molar-refractivity contribution in [3.63, 3.8) is 0 Å². The van der Waals surface area contributed by atoms with E-state index in [1.807, 2.05) is 0 Å². The molecule has 0 amide bonds. The highest BCUT2D eigenvalue weighted by atomic mass is 19.3. The molecule has 1 fully saturated rings. The van der Waals surface area contributed by atoms with Gasteiger partial charge < -0.3 is 4.74 Å². The van der Waals surface area contributed by atoms with Gasteiger partial charge in [0.1, 0.15) is 11.6 Å². The molecule has 0 N–H and O–H groups in total. The van der Waals surface area contributed by atoms with Crippen molar-refractivity contribution in [2.45, 2.75) is 58.0 Å². The lowest BCUT2D eigenvalue weighted by Crippen LogP contribution is -2.21. The Hall–Kier alpha value is -1.97. The zero-order valence-electron chi connectivity index (χ0n) is 15.8. The van der Waals surface area contributed by atoms with Crippen molar-refractivity contribution in [3.05, 3.63) is 65.5 Å². The smallest absolute Gasteiger partial charge is 0.426 e. The molecule has 0 radical (unpaired) electrons. The number of hydrogen-bond donors (Lipinski definition) is 0. The van der Waals surface area contributed by atoms with Gasteiger partial charge in [-0.3, -0.25) is 0 Å². The van der Waals surface area contributed by atoms with E-state index in [4.69, 9.17) is 4.74 Å². The van der Waals surface area contributed by atoms with Gasteiger partial charge in [-0.1, -0.05) is 51.2 Å². The summed E-state index contributed by atoms with van der Waals surface area (Å²) in [5.41, 5.74) is 0.882. The third-order valence-corrected chi connectivity index (χ3v) is 5.73. The van der Waals surface area contributed by atoms with Gasteiger partial charge >= 0.3 is 6.11 Å². The highest BCUT2D eigenvalue weighted by Gasteiger charge is 2.34. The van der Waals surface area contributed by atoms with Gasteiger partial charge in [-0.25, -0.2) is 4.39 Å². The second-order valence-corrected chi connectivity index (χ2v) is 7.60. The maximum atomic E-state index is 14.3. The second kappa shape index (κ2) is 8.81. The third kappa shape index (κ3) is 5.50. The van der Waals surface area contributed by atoms with Gasteiger partial charge in [-0.2, -0.15) is 8.78 Å². The number of aryl methyl sites for hydroxylation is 1. The van der Waals surface area contributed by atoms with Gasteiger partial charge in [0.2, 0.25) is 0 Å². The first kappa shape index (κ1) is 19.8. The van der Waals surface area contributed by atoms with Crippen LogP contribution in [-0.4, -0.2) is 0 Å². The van der Waals surface area contributed by atoms with Gasteiger partial charge in [0, 0.05) is 0 Å². The van der Waals surface area contributed by atoms with Crippen molar-refractivity contribution in [1.82, 2.24) is 0 Å². The molecule has 1 aliphatic rings. The van der Waals surface area contributed by atoms with Crippen molar-refractivity contribution in [2.75, 3.05) is 0 Å². The Morgan fingerprint density at radius 3 is 2.07 bits per heavy atom. The Morgan fingerprint density at radius 1 is 0.889 bits per heavy atom. The summed E-state index contributed by atoms with van der Waals surface area (Å²) in [6.07, 6.45) is 5.11. The average Bonchev–Trinajstić information content (AvgIpc) is 2.69. The normalized spacial score (nSPS) is 20.4. The molecular weight excluding hydrogens is 349 g/mol. The average molecular weight is 376 g/mol. The third-order valence-electron chi connectivity index (χ3n) is 5.73. The molecule has 1 saturated carbocycles. The molecular formula is C23H27F3O. The minimum atomic E-state index is -3.45. The molecule has 146 valence electrons. The molecule has 0 aromatic heterocycles. The Labute approximate surface area is 159 Å². The fourth-order valence-corrected chi connectivity index (χ4v) is 3.87. The minimum Gasteiger partial charge on any atom is -0.429 e. The summed E-state index contributed by atoms with van der Waals surface area (Å²) in [7, 11) is 0. The van der Waals surface area contributed by atoms with Crippen LogP contribution >= 0.6 is 0 Å². The van der Waals surface area contributed by atoms with Crippen molar-refractivity contribution < 1.29 is 17.9 Å². The van der Waals surface area contributed by atoms with E-state index in [9.17, 15) is 13.2 Å². The molecule has 1 nitrogen and oxygen atoms in total. The summed E-state index contributed by atoms with van der Waals surface area (Å²) in [5.74, 6) is 1.10. The standard InChI is InChI=1S/C23H27F3O/c1-2-17-3-5-18(6-4-17)7-8-19-9-11-20(12-10-19)23(25,26)27-22-15-13-21(24)14-16-22/h9-18H,2-8H2,1H3. The molecule has 4 heteroatoms. The summed E-state index contributed by atoms with van der Waals surface area (Å²) < 4.78 is 46.3. The van der Waals surface area contributed by atoms with Gasteiger partial charge in [-0.05, 0) is 66.6 Å². The number of ether oxygens (including phenoxy) is 1. The van der Waals surface area contributed by atoms with Crippen molar-refractivity contribution >= 4 is 0 Å². The summed E-state index contributed by atoms with van der Waals surface area (Å²) in [6, 6.07) is 11.0. The van der Waals surface area contributed by atoms with Crippen molar-refractivity contribution in [2.24, 2.45) is 11.8 Å². The van der Waals surface area contributed by atoms with Crippen LogP contribution in [0.5, 0.6) is 5.75 Å². The van der Waals surface area contributed by atoms with E-state index in [1.54, 1.807) is 12.1 Å². The van der Waals surface area contributed by atoms with E-state index in [0.717, 1.165) is 42.4 Å². The van der Waals surface area contributed by atoms with Crippen LogP contribution in [0.2, 0.25) is 0 Å². The van der Waals surface area contributed by atoms with Gasteiger partial charge in [0.05, 0.1) is 5.56 Å². The predicted octanol–water partition coefficient (Wildman–Crippen LogP) is 7.10. The van der Waals surface area contributed by atoms with E-state index in [2.05, 4.69) is 6.92 Å². The van der Waals surface area contributed by atoms with E-state index < -0.39 is 11.9 Å². The fourth-order valence-electron chi connectivity index (χ4n) is 3.87. The van der Waals surface area contributed by atoms with Crippen LogP contribution in [0.1, 0.15) is 56.6 Å². The topological polar surface area (TPSA) is 9.23 Å². The van der Waals surface area contributed by atoms with Crippen LogP contribution < -0.4 is 4.74 Å². The number of rotatable bonds is 7. The van der Waals surface area contributed by atoms with Crippen LogP contribution in [0.4, 0.5) is 13.2 Å². The van der Waals surface area contributed by atoms with Crippen LogP contribution in [0.3, 0.4) is 0 Å². The second-order valence-electron chi connectivity index (χ2n) is 7.60. The number of halogens is 3. The number of alkyl halides is 2. The number of hydrogen-bond acceptors (Lipinski definition) is 1. The van der Waals surface area contributed by atoms with Crippen LogP contribution in [0, 0.1) is 17.7 Å².